The second kappa shape index (κ2) is 8.35. The summed E-state index contributed by atoms with van der Waals surface area (Å²) in [5, 5.41) is 10.4. The van der Waals surface area contributed by atoms with Gasteiger partial charge in [0.15, 0.2) is 0 Å². The highest BCUT2D eigenvalue weighted by Crippen LogP contribution is 2.21. The zero-order valence-corrected chi connectivity index (χ0v) is 13.3. The van der Waals surface area contributed by atoms with E-state index in [1.54, 1.807) is 0 Å². The molecule has 0 amide bonds. The van der Waals surface area contributed by atoms with Crippen LogP contribution in [0.25, 0.3) is 6.08 Å². The minimum atomic E-state index is -0.560. The predicted molar refractivity (Wildman–Crippen MR) is 94.4 cm³/mol. The Kier molecular flexibility index (Phi) is 6.17. The van der Waals surface area contributed by atoms with Crippen molar-refractivity contribution in [3.8, 4) is 0 Å². The van der Waals surface area contributed by atoms with Crippen LogP contribution in [0.2, 0.25) is 0 Å². The van der Waals surface area contributed by atoms with Crippen molar-refractivity contribution in [2.24, 2.45) is 5.92 Å². The van der Waals surface area contributed by atoms with Crippen LogP contribution in [0.15, 0.2) is 78.4 Å². The number of allylic oxidation sites excluding steroid dienone is 2. The quantitative estimate of drug-likeness (QED) is 0.706. The van der Waals surface area contributed by atoms with E-state index in [4.69, 9.17) is 0 Å². The molecule has 0 fully saturated rings. The minimum Gasteiger partial charge on any atom is -0.384 e. The van der Waals surface area contributed by atoms with Gasteiger partial charge in [0.2, 0.25) is 0 Å². The third-order valence-electron chi connectivity index (χ3n) is 3.45. The largest absolute Gasteiger partial charge is 0.384 e. The Labute approximate surface area is 133 Å². The molecule has 2 rings (SSSR count). The van der Waals surface area contributed by atoms with Crippen molar-refractivity contribution >= 4 is 6.08 Å². The zero-order valence-electron chi connectivity index (χ0n) is 13.3. The Balaban J connectivity index is 2.18. The summed E-state index contributed by atoms with van der Waals surface area (Å²) >= 11 is 0. The first-order chi connectivity index (χ1) is 10.6. The molecule has 0 heterocycles. The maximum absolute atomic E-state index is 10.4. The van der Waals surface area contributed by atoms with Gasteiger partial charge in [-0.05, 0) is 35.1 Å². The fourth-order valence-electron chi connectivity index (χ4n) is 2.38. The molecule has 0 saturated carbocycles. The summed E-state index contributed by atoms with van der Waals surface area (Å²) in [4.78, 5) is 0. The Morgan fingerprint density at radius 3 is 2.14 bits per heavy atom. The highest BCUT2D eigenvalue weighted by molar-refractivity contribution is 5.52. The van der Waals surface area contributed by atoms with Crippen LogP contribution in [0.3, 0.4) is 0 Å². The topological polar surface area (TPSA) is 20.2 Å². The van der Waals surface area contributed by atoms with E-state index in [1.807, 2.05) is 54.6 Å². The number of rotatable bonds is 6. The van der Waals surface area contributed by atoms with Gasteiger partial charge in [-0.3, -0.25) is 0 Å². The molecule has 0 spiro atoms. The summed E-state index contributed by atoms with van der Waals surface area (Å²) in [5.74, 6) is 0.551. The molecular weight excluding hydrogens is 268 g/mol. The van der Waals surface area contributed by atoms with Crippen molar-refractivity contribution in [2.75, 3.05) is 0 Å². The number of benzene rings is 2. The van der Waals surface area contributed by atoms with Crippen LogP contribution in [0, 0.1) is 5.92 Å². The summed E-state index contributed by atoms with van der Waals surface area (Å²) < 4.78 is 0. The summed E-state index contributed by atoms with van der Waals surface area (Å²) in [6.45, 7) is 4.39. The number of aliphatic hydroxyl groups excluding tert-OH is 1. The first kappa shape index (κ1) is 16.3. The zero-order chi connectivity index (χ0) is 15.8. The van der Waals surface area contributed by atoms with E-state index in [2.05, 4.69) is 38.1 Å². The van der Waals surface area contributed by atoms with Gasteiger partial charge in [-0.2, -0.15) is 0 Å². The lowest BCUT2D eigenvalue weighted by molar-refractivity contribution is 0.227. The van der Waals surface area contributed by atoms with Crippen LogP contribution in [0.5, 0.6) is 0 Å². The van der Waals surface area contributed by atoms with Crippen LogP contribution in [0.4, 0.5) is 0 Å². The van der Waals surface area contributed by atoms with E-state index in [0.29, 0.717) is 5.92 Å². The molecule has 1 heteroatoms. The van der Waals surface area contributed by atoms with Gasteiger partial charge in [-0.1, -0.05) is 86.7 Å². The van der Waals surface area contributed by atoms with Crippen molar-refractivity contribution in [2.45, 2.75) is 26.4 Å². The maximum atomic E-state index is 10.4. The van der Waals surface area contributed by atoms with Gasteiger partial charge in [0.1, 0.15) is 0 Å². The first-order valence-electron chi connectivity index (χ1n) is 7.82. The molecule has 1 unspecified atom stereocenters. The van der Waals surface area contributed by atoms with E-state index in [9.17, 15) is 5.11 Å². The molecule has 0 aliphatic heterocycles. The highest BCUT2D eigenvalue weighted by atomic mass is 16.3. The molecule has 0 aliphatic carbocycles. The second-order valence-corrected chi connectivity index (χ2v) is 5.94. The van der Waals surface area contributed by atoms with Crippen molar-refractivity contribution in [3.63, 3.8) is 0 Å². The minimum absolute atomic E-state index is 0.551. The van der Waals surface area contributed by atoms with E-state index in [-0.39, 0.29) is 0 Å². The Morgan fingerprint density at radius 1 is 0.955 bits per heavy atom. The third kappa shape index (κ3) is 5.34. The van der Waals surface area contributed by atoms with Crippen molar-refractivity contribution in [3.05, 3.63) is 89.5 Å². The SMILES string of the molecule is CC(C)CC(=C/C(O)c1ccccc1)/C=C/c1ccccc1. The van der Waals surface area contributed by atoms with E-state index < -0.39 is 6.10 Å². The van der Waals surface area contributed by atoms with E-state index in [1.165, 1.54) is 5.56 Å². The molecule has 114 valence electrons. The van der Waals surface area contributed by atoms with Crippen molar-refractivity contribution in [1.29, 1.82) is 0 Å². The van der Waals surface area contributed by atoms with Crippen LogP contribution in [0.1, 0.15) is 37.5 Å². The summed E-state index contributed by atoms with van der Waals surface area (Å²) in [6.07, 6.45) is 6.56. The molecule has 1 nitrogen and oxygen atoms in total. The third-order valence-corrected chi connectivity index (χ3v) is 3.45. The Hall–Kier alpha value is -2.12. The monoisotopic (exact) mass is 292 g/mol. The molecule has 22 heavy (non-hydrogen) atoms. The normalized spacial score (nSPS) is 13.7. The van der Waals surface area contributed by atoms with Gasteiger partial charge in [0, 0.05) is 0 Å². The maximum Gasteiger partial charge on any atom is 0.0977 e. The molecule has 0 saturated heterocycles. The molecular formula is C21H24O. The smallest absolute Gasteiger partial charge is 0.0977 e. The van der Waals surface area contributed by atoms with Crippen LogP contribution in [-0.2, 0) is 0 Å². The molecule has 0 aromatic heterocycles. The van der Waals surface area contributed by atoms with E-state index in [0.717, 1.165) is 17.6 Å². The molecule has 0 aliphatic rings. The number of hydrogen-bond donors (Lipinski definition) is 1. The van der Waals surface area contributed by atoms with Crippen molar-refractivity contribution < 1.29 is 5.11 Å². The fraction of sp³-hybridized carbons (Fsp3) is 0.238. The average molecular weight is 292 g/mol. The lowest BCUT2D eigenvalue weighted by atomic mass is 9.98. The van der Waals surface area contributed by atoms with Gasteiger partial charge < -0.3 is 5.11 Å². The fourth-order valence-corrected chi connectivity index (χ4v) is 2.38. The van der Waals surface area contributed by atoms with Crippen LogP contribution in [-0.4, -0.2) is 5.11 Å². The molecule has 1 N–H and O–H groups in total. The lowest BCUT2D eigenvalue weighted by Gasteiger charge is -2.11. The molecule has 2 aromatic carbocycles. The summed E-state index contributed by atoms with van der Waals surface area (Å²) in [5.41, 5.74) is 3.26. The van der Waals surface area contributed by atoms with Crippen LogP contribution >= 0.6 is 0 Å². The molecule has 2 aromatic rings. The van der Waals surface area contributed by atoms with Gasteiger partial charge in [-0.15, -0.1) is 0 Å². The number of aliphatic hydroxyl groups is 1. The molecule has 1 atom stereocenters. The summed E-state index contributed by atoms with van der Waals surface area (Å²) in [6, 6.07) is 20.0. The number of hydrogen-bond acceptors (Lipinski definition) is 1. The van der Waals surface area contributed by atoms with E-state index >= 15 is 0 Å². The second-order valence-electron chi connectivity index (χ2n) is 5.94. The standard InChI is InChI=1S/C21H24O/c1-17(2)15-19(14-13-18-9-5-3-6-10-18)16-21(22)20-11-7-4-8-12-20/h3-14,16-17,21-22H,15H2,1-2H3/b14-13+,19-16+. The molecule has 0 bridgehead atoms. The Morgan fingerprint density at radius 2 is 1.55 bits per heavy atom. The summed E-state index contributed by atoms with van der Waals surface area (Å²) in [7, 11) is 0. The first-order valence-corrected chi connectivity index (χ1v) is 7.82. The van der Waals surface area contributed by atoms with Gasteiger partial charge in [0.05, 0.1) is 6.10 Å². The van der Waals surface area contributed by atoms with Gasteiger partial charge >= 0.3 is 0 Å². The Bertz CT molecular complexity index is 609. The highest BCUT2D eigenvalue weighted by Gasteiger charge is 2.06. The van der Waals surface area contributed by atoms with Crippen molar-refractivity contribution in [1.82, 2.24) is 0 Å². The average Bonchev–Trinajstić information content (AvgIpc) is 2.54. The molecule has 0 radical (unpaired) electrons. The van der Waals surface area contributed by atoms with Gasteiger partial charge in [-0.25, -0.2) is 0 Å². The van der Waals surface area contributed by atoms with Crippen LogP contribution < -0.4 is 0 Å². The lowest BCUT2D eigenvalue weighted by Crippen LogP contribution is -1.97. The predicted octanol–water partition coefficient (Wildman–Crippen LogP) is 5.41. The van der Waals surface area contributed by atoms with Gasteiger partial charge in [0.25, 0.3) is 0 Å².